The maximum absolute atomic E-state index is 12.1. The molecule has 7 nitrogen and oxygen atoms in total. The van der Waals surface area contributed by atoms with Gasteiger partial charge in [-0.05, 0) is 12.1 Å². The van der Waals surface area contributed by atoms with Gasteiger partial charge in [-0.2, -0.15) is 0 Å². The SMILES string of the molecule is NNc1ccccc1S(=O)(=O)Nc1cncnc1. The average molecular weight is 265 g/mol. The highest BCUT2D eigenvalue weighted by Gasteiger charge is 2.17. The first-order chi connectivity index (χ1) is 8.63. The number of hydrogen-bond donors (Lipinski definition) is 3. The van der Waals surface area contributed by atoms with Crippen molar-refractivity contribution in [2.24, 2.45) is 5.84 Å². The Morgan fingerprint density at radius 2 is 1.78 bits per heavy atom. The minimum Gasteiger partial charge on any atom is -0.323 e. The monoisotopic (exact) mass is 265 g/mol. The van der Waals surface area contributed by atoms with Crippen LogP contribution >= 0.6 is 0 Å². The zero-order valence-electron chi connectivity index (χ0n) is 9.24. The first-order valence-corrected chi connectivity index (χ1v) is 6.45. The molecule has 0 amide bonds. The lowest BCUT2D eigenvalue weighted by Gasteiger charge is -2.10. The van der Waals surface area contributed by atoms with Crippen LogP contribution in [-0.2, 0) is 10.0 Å². The first-order valence-electron chi connectivity index (χ1n) is 4.97. The summed E-state index contributed by atoms with van der Waals surface area (Å²) in [5.74, 6) is 5.27. The van der Waals surface area contributed by atoms with Crippen LogP contribution in [-0.4, -0.2) is 18.4 Å². The molecule has 0 spiro atoms. The number of benzene rings is 1. The normalized spacial score (nSPS) is 10.9. The van der Waals surface area contributed by atoms with Gasteiger partial charge in [0.2, 0.25) is 0 Å². The van der Waals surface area contributed by atoms with Crippen LogP contribution in [0.3, 0.4) is 0 Å². The van der Waals surface area contributed by atoms with Gasteiger partial charge in [-0.1, -0.05) is 12.1 Å². The molecule has 2 rings (SSSR count). The zero-order valence-corrected chi connectivity index (χ0v) is 10.1. The fraction of sp³-hybridized carbons (Fsp3) is 0. The third-order valence-corrected chi connectivity index (χ3v) is 3.58. The summed E-state index contributed by atoms with van der Waals surface area (Å²) in [5, 5.41) is 0. The van der Waals surface area contributed by atoms with Crippen molar-refractivity contribution in [1.82, 2.24) is 9.97 Å². The van der Waals surface area contributed by atoms with Gasteiger partial charge >= 0.3 is 0 Å². The Balaban J connectivity index is 2.37. The van der Waals surface area contributed by atoms with Crippen molar-refractivity contribution in [2.45, 2.75) is 4.90 Å². The second kappa shape index (κ2) is 4.98. The molecule has 0 bridgehead atoms. The van der Waals surface area contributed by atoms with Gasteiger partial charge in [-0.15, -0.1) is 0 Å². The van der Waals surface area contributed by atoms with Crippen LogP contribution in [0.2, 0.25) is 0 Å². The molecule has 0 fully saturated rings. The number of sulfonamides is 1. The number of hydrazine groups is 1. The fourth-order valence-electron chi connectivity index (χ4n) is 1.38. The summed E-state index contributed by atoms with van der Waals surface area (Å²) >= 11 is 0. The minimum atomic E-state index is -3.73. The highest BCUT2D eigenvalue weighted by atomic mass is 32.2. The molecular weight excluding hydrogens is 254 g/mol. The topological polar surface area (TPSA) is 110 Å². The molecule has 94 valence electrons. The smallest absolute Gasteiger partial charge is 0.264 e. The van der Waals surface area contributed by atoms with Crippen molar-refractivity contribution in [3.63, 3.8) is 0 Å². The number of nitrogens with one attached hydrogen (secondary N) is 2. The third kappa shape index (κ3) is 2.55. The lowest BCUT2D eigenvalue weighted by Crippen LogP contribution is -2.17. The molecule has 0 saturated heterocycles. The Bertz CT molecular complexity index is 630. The highest BCUT2D eigenvalue weighted by molar-refractivity contribution is 7.92. The number of aromatic nitrogens is 2. The van der Waals surface area contributed by atoms with Gasteiger partial charge in [-0.3, -0.25) is 10.6 Å². The largest absolute Gasteiger partial charge is 0.323 e. The Labute approximate surface area is 104 Å². The molecular formula is C10H11N5O2S. The summed E-state index contributed by atoms with van der Waals surface area (Å²) in [4.78, 5) is 7.51. The number of nitrogens with two attached hydrogens (primary N) is 1. The maximum Gasteiger partial charge on any atom is 0.264 e. The van der Waals surface area contributed by atoms with E-state index in [9.17, 15) is 8.42 Å². The van der Waals surface area contributed by atoms with E-state index < -0.39 is 10.0 Å². The van der Waals surface area contributed by atoms with Gasteiger partial charge in [0.25, 0.3) is 10.0 Å². The number of nitrogen functional groups attached to an aromatic ring is 1. The van der Waals surface area contributed by atoms with Crippen molar-refractivity contribution >= 4 is 21.4 Å². The maximum atomic E-state index is 12.1. The van der Waals surface area contributed by atoms with Crippen LogP contribution in [0, 0.1) is 0 Å². The summed E-state index contributed by atoms with van der Waals surface area (Å²) in [6.45, 7) is 0. The Morgan fingerprint density at radius 1 is 1.11 bits per heavy atom. The van der Waals surface area contributed by atoms with Gasteiger partial charge in [0.05, 0.1) is 23.8 Å². The van der Waals surface area contributed by atoms with Gasteiger partial charge in [0.15, 0.2) is 0 Å². The molecule has 0 saturated carbocycles. The fourth-order valence-corrected chi connectivity index (χ4v) is 2.58. The van der Waals surface area contributed by atoms with Crippen LogP contribution in [0.15, 0.2) is 47.9 Å². The Hall–Kier alpha value is -2.19. The molecule has 1 aromatic carbocycles. The molecule has 4 N–H and O–H groups in total. The van der Waals surface area contributed by atoms with Crippen LogP contribution in [0.4, 0.5) is 11.4 Å². The van der Waals surface area contributed by atoms with E-state index in [1.165, 1.54) is 24.8 Å². The van der Waals surface area contributed by atoms with Crippen LogP contribution in [0.25, 0.3) is 0 Å². The molecule has 0 aliphatic heterocycles. The van der Waals surface area contributed by atoms with Crippen molar-refractivity contribution in [3.8, 4) is 0 Å². The van der Waals surface area contributed by atoms with Gasteiger partial charge in [-0.25, -0.2) is 18.4 Å². The summed E-state index contributed by atoms with van der Waals surface area (Å²) in [6.07, 6.45) is 4.04. The van der Waals surface area contributed by atoms with E-state index in [1.54, 1.807) is 18.2 Å². The molecule has 8 heteroatoms. The first kappa shape index (κ1) is 12.3. The van der Waals surface area contributed by atoms with E-state index >= 15 is 0 Å². The molecule has 0 aliphatic carbocycles. The standard InChI is InChI=1S/C10H11N5O2S/c11-14-9-3-1-2-4-10(9)18(16,17)15-8-5-12-7-13-6-8/h1-7,14-15H,11H2. The quantitative estimate of drug-likeness (QED) is 0.550. The van der Waals surface area contributed by atoms with E-state index in [-0.39, 0.29) is 10.6 Å². The van der Waals surface area contributed by atoms with Crippen LogP contribution < -0.4 is 16.0 Å². The van der Waals surface area contributed by atoms with Crippen molar-refractivity contribution < 1.29 is 8.42 Å². The predicted molar refractivity (Wildman–Crippen MR) is 67.1 cm³/mol. The number of rotatable bonds is 4. The molecule has 0 radical (unpaired) electrons. The van der Waals surface area contributed by atoms with Gasteiger partial charge in [0.1, 0.15) is 11.2 Å². The molecule has 1 aromatic heterocycles. The minimum absolute atomic E-state index is 0.0522. The van der Waals surface area contributed by atoms with E-state index in [1.807, 2.05) is 0 Å². The number of anilines is 2. The summed E-state index contributed by atoms with van der Waals surface area (Å²) in [7, 11) is -3.73. The molecule has 1 heterocycles. The number of para-hydroxylation sites is 1. The van der Waals surface area contributed by atoms with Crippen LogP contribution in [0.5, 0.6) is 0 Å². The molecule has 0 unspecified atom stereocenters. The second-order valence-electron chi connectivity index (χ2n) is 3.37. The van der Waals surface area contributed by atoms with Gasteiger partial charge in [0, 0.05) is 0 Å². The van der Waals surface area contributed by atoms with Crippen molar-refractivity contribution in [3.05, 3.63) is 43.0 Å². The van der Waals surface area contributed by atoms with Crippen molar-refractivity contribution in [2.75, 3.05) is 10.1 Å². The van der Waals surface area contributed by atoms with Crippen LogP contribution in [0.1, 0.15) is 0 Å². The van der Waals surface area contributed by atoms with E-state index in [4.69, 9.17) is 5.84 Å². The average Bonchev–Trinajstić information content (AvgIpc) is 2.39. The lowest BCUT2D eigenvalue weighted by atomic mass is 10.3. The second-order valence-corrected chi connectivity index (χ2v) is 5.02. The summed E-state index contributed by atoms with van der Waals surface area (Å²) in [6, 6.07) is 6.30. The lowest BCUT2D eigenvalue weighted by molar-refractivity contribution is 0.601. The van der Waals surface area contributed by atoms with Gasteiger partial charge < -0.3 is 5.43 Å². The molecule has 18 heavy (non-hydrogen) atoms. The predicted octanol–water partition coefficient (Wildman–Crippen LogP) is 0.563. The Morgan fingerprint density at radius 3 is 2.44 bits per heavy atom. The molecule has 2 aromatic rings. The summed E-state index contributed by atoms with van der Waals surface area (Å²) < 4.78 is 26.6. The van der Waals surface area contributed by atoms with E-state index in [2.05, 4.69) is 20.1 Å². The van der Waals surface area contributed by atoms with Crippen molar-refractivity contribution in [1.29, 1.82) is 0 Å². The summed E-state index contributed by atoms with van der Waals surface area (Å²) in [5.41, 5.74) is 2.93. The number of nitrogens with zero attached hydrogens (tertiary/aromatic N) is 2. The van der Waals surface area contributed by atoms with E-state index in [0.29, 0.717) is 5.69 Å². The zero-order chi connectivity index (χ0) is 13.0. The number of hydrogen-bond acceptors (Lipinski definition) is 6. The van der Waals surface area contributed by atoms with E-state index in [0.717, 1.165) is 0 Å². The highest BCUT2D eigenvalue weighted by Crippen LogP contribution is 2.21. The molecule has 0 aliphatic rings. The Kier molecular flexibility index (Phi) is 3.40. The third-order valence-electron chi connectivity index (χ3n) is 2.14. The molecule has 0 atom stereocenters.